The smallest absolute Gasteiger partial charge is 0.0111 e. The van der Waals surface area contributed by atoms with Crippen molar-refractivity contribution in [3.8, 4) is 0 Å². The molecule has 0 aromatic carbocycles. The van der Waals surface area contributed by atoms with Crippen LogP contribution in [0, 0.1) is 11.8 Å². The van der Waals surface area contributed by atoms with Crippen molar-refractivity contribution in [3.63, 3.8) is 0 Å². The van der Waals surface area contributed by atoms with E-state index in [4.69, 9.17) is 0 Å². The van der Waals surface area contributed by atoms with Crippen LogP contribution in [0.15, 0.2) is 0 Å². The molecule has 2 heterocycles. The second-order valence-electron chi connectivity index (χ2n) is 4.59. The van der Waals surface area contributed by atoms with Crippen LogP contribution in [0.5, 0.6) is 0 Å². The van der Waals surface area contributed by atoms with Crippen LogP contribution in [0.4, 0.5) is 0 Å². The Bertz CT molecular complexity index is 158. The number of unbranched alkanes of at least 4 members (excludes halogenated alkanes) is 2. The molecule has 13 heavy (non-hydrogen) atoms. The SMILES string of the molecule is CCCCCC1NCC2CNCC21. The van der Waals surface area contributed by atoms with Gasteiger partial charge in [0.2, 0.25) is 0 Å². The maximum atomic E-state index is 3.68. The Morgan fingerprint density at radius 2 is 2.08 bits per heavy atom. The summed E-state index contributed by atoms with van der Waals surface area (Å²) in [5.74, 6) is 1.88. The summed E-state index contributed by atoms with van der Waals surface area (Å²) in [6, 6.07) is 0.826. The molecule has 0 aromatic rings. The second kappa shape index (κ2) is 4.43. The van der Waals surface area contributed by atoms with Gasteiger partial charge in [-0.2, -0.15) is 0 Å². The van der Waals surface area contributed by atoms with Gasteiger partial charge < -0.3 is 10.6 Å². The van der Waals surface area contributed by atoms with Crippen LogP contribution in [-0.4, -0.2) is 25.7 Å². The molecule has 3 atom stereocenters. The summed E-state index contributed by atoms with van der Waals surface area (Å²) < 4.78 is 0. The van der Waals surface area contributed by atoms with E-state index in [9.17, 15) is 0 Å². The minimum atomic E-state index is 0.826. The molecule has 3 unspecified atom stereocenters. The highest BCUT2D eigenvalue weighted by Crippen LogP contribution is 2.28. The van der Waals surface area contributed by atoms with E-state index in [2.05, 4.69) is 17.6 Å². The van der Waals surface area contributed by atoms with Crippen LogP contribution in [-0.2, 0) is 0 Å². The van der Waals surface area contributed by atoms with Crippen LogP contribution in [0.1, 0.15) is 32.6 Å². The first-order chi connectivity index (χ1) is 6.42. The van der Waals surface area contributed by atoms with Gasteiger partial charge in [0.1, 0.15) is 0 Å². The van der Waals surface area contributed by atoms with Crippen molar-refractivity contribution in [1.82, 2.24) is 10.6 Å². The van der Waals surface area contributed by atoms with Crippen LogP contribution in [0.25, 0.3) is 0 Å². The van der Waals surface area contributed by atoms with Crippen LogP contribution in [0.3, 0.4) is 0 Å². The third kappa shape index (κ3) is 2.05. The lowest BCUT2D eigenvalue weighted by molar-refractivity contribution is 0.402. The fourth-order valence-electron chi connectivity index (χ4n) is 2.83. The van der Waals surface area contributed by atoms with Gasteiger partial charge in [-0.25, -0.2) is 0 Å². The maximum absolute atomic E-state index is 3.68. The standard InChI is InChI=1S/C11H22N2/c1-2-3-4-5-11-10-8-12-6-9(10)7-13-11/h9-13H,2-8H2,1H3. The Balaban J connectivity index is 1.74. The number of hydrogen-bond acceptors (Lipinski definition) is 2. The average Bonchev–Trinajstić information content (AvgIpc) is 2.68. The van der Waals surface area contributed by atoms with Gasteiger partial charge in [-0.1, -0.05) is 26.2 Å². The minimum absolute atomic E-state index is 0.826. The van der Waals surface area contributed by atoms with Crippen molar-refractivity contribution >= 4 is 0 Å². The molecular weight excluding hydrogens is 160 g/mol. The summed E-state index contributed by atoms with van der Waals surface area (Å²) in [5.41, 5.74) is 0. The minimum Gasteiger partial charge on any atom is -0.316 e. The number of nitrogens with one attached hydrogen (secondary N) is 2. The molecule has 2 aliphatic heterocycles. The first-order valence-corrected chi connectivity index (χ1v) is 5.86. The summed E-state index contributed by atoms with van der Waals surface area (Å²) in [7, 11) is 0. The molecule has 2 saturated heterocycles. The lowest BCUT2D eigenvalue weighted by atomic mass is 9.91. The Morgan fingerprint density at radius 3 is 2.92 bits per heavy atom. The van der Waals surface area contributed by atoms with Crippen LogP contribution in [0.2, 0.25) is 0 Å². The molecule has 0 amide bonds. The molecule has 0 aliphatic carbocycles. The van der Waals surface area contributed by atoms with E-state index in [-0.39, 0.29) is 0 Å². The molecule has 0 bridgehead atoms. The van der Waals surface area contributed by atoms with Gasteiger partial charge in [0.25, 0.3) is 0 Å². The number of hydrogen-bond donors (Lipinski definition) is 2. The van der Waals surface area contributed by atoms with Gasteiger partial charge in [-0.05, 0) is 37.9 Å². The fourth-order valence-corrected chi connectivity index (χ4v) is 2.83. The molecule has 2 aliphatic rings. The molecule has 2 N–H and O–H groups in total. The van der Waals surface area contributed by atoms with Crippen LogP contribution < -0.4 is 10.6 Å². The van der Waals surface area contributed by atoms with Crippen LogP contribution >= 0.6 is 0 Å². The monoisotopic (exact) mass is 182 g/mol. The van der Waals surface area contributed by atoms with E-state index in [1.807, 2.05) is 0 Å². The van der Waals surface area contributed by atoms with E-state index in [0.717, 1.165) is 17.9 Å². The zero-order valence-electron chi connectivity index (χ0n) is 8.68. The van der Waals surface area contributed by atoms with E-state index in [1.54, 1.807) is 0 Å². The van der Waals surface area contributed by atoms with Gasteiger partial charge in [0.15, 0.2) is 0 Å². The summed E-state index contributed by atoms with van der Waals surface area (Å²) in [6.45, 7) is 6.05. The molecule has 2 nitrogen and oxygen atoms in total. The first kappa shape index (κ1) is 9.47. The van der Waals surface area contributed by atoms with Crippen molar-refractivity contribution in [2.24, 2.45) is 11.8 Å². The van der Waals surface area contributed by atoms with Gasteiger partial charge in [0.05, 0.1) is 0 Å². The van der Waals surface area contributed by atoms with Crippen molar-refractivity contribution < 1.29 is 0 Å². The van der Waals surface area contributed by atoms with Gasteiger partial charge in [-0.3, -0.25) is 0 Å². The van der Waals surface area contributed by atoms with Crippen molar-refractivity contribution in [2.45, 2.75) is 38.6 Å². The Labute approximate surface area is 81.5 Å². The third-order valence-electron chi connectivity index (χ3n) is 3.67. The molecule has 0 radical (unpaired) electrons. The first-order valence-electron chi connectivity index (χ1n) is 5.86. The number of rotatable bonds is 4. The van der Waals surface area contributed by atoms with E-state index in [1.165, 1.54) is 45.3 Å². The highest BCUT2D eigenvalue weighted by atomic mass is 15.0. The van der Waals surface area contributed by atoms with Gasteiger partial charge in [-0.15, -0.1) is 0 Å². The number of fused-ring (bicyclic) bond motifs is 1. The average molecular weight is 182 g/mol. The maximum Gasteiger partial charge on any atom is 0.0111 e. The highest BCUT2D eigenvalue weighted by Gasteiger charge is 2.38. The van der Waals surface area contributed by atoms with E-state index in [0.29, 0.717) is 0 Å². The van der Waals surface area contributed by atoms with Gasteiger partial charge >= 0.3 is 0 Å². The molecule has 0 spiro atoms. The lowest BCUT2D eigenvalue weighted by Crippen LogP contribution is -2.30. The zero-order chi connectivity index (χ0) is 9.10. The lowest BCUT2D eigenvalue weighted by Gasteiger charge is -2.17. The normalized spacial score (nSPS) is 38.1. The van der Waals surface area contributed by atoms with Crippen molar-refractivity contribution in [1.29, 1.82) is 0 Å². The Kier molecular flexibility index (Phi) is 3.23. The predicted molar refractivity (Wildman–Crippen MR) is 55.8 cm³/mol. The summed E-state index contributed by atoms with van der Waals surface area (Å²) in [5, 5.41) is 7.18. The quantitative estimate of drug-likeness (QED) is 0.642. The fraction of sp³-hybridized carbons (Fsp3) is 1.00. The molecule has 2 fully saturated rings. The second-order valence-corrected chi connectivity index (χ2v) is 4.59. The van der Waals surface area contributed by atoms with Crippen molar-refractivity contribution in [3.05, 3.63) is 0 Å². The van der Waals surface area contributed by atoms with Crippen molar-refractivity contribution in [2.75, 3.05) is 19.6 Å². The summed E-state index contributed by atoms with van der Waals surface area (Å²) >= 11 is 0. The third-order valence-corrected chi connectivity index (χ3v) is 3.67. The molecule has 76 valence electrons. The van der Waals surface area contributed by atoms with E-state index >= 15 is 0 Å². The highest BCUT2D eigenvalue weighted by molar-refractivity contribution is 4.96. The summed E-state index contributed by atoms with van der Waals surface area (Å²) in [6.07, 6.45) is 5.57. The largest absolute Gasteiger partial charge is 0.316 e. The topological polar surface area (TPSA) is 24.1 Å². The Morgan fingerprint density at radius 1 is 1.15 bits per heavy atom. The molecule has 0 saturated carbocycles. The molecule has 2 heteroatoms. The Hall–Kier alpha value is -0.0800. The summed E-state index contributed by atoms with van der Waals surface area (Å²) in [4.78, 5) is 0. The predicted octanol–water partition coefficient (Wildman–Crippen LogP) is 1.37. The molecular formula is C11H22N2. The zero-order valence-corrected chi connectivity index (χ0v) is 8.68. The van der Waals surface area contributed by atoms with Gasteiger partial charge in [0, 0.05) is 6.04 Å². The van der Waals surface area contributed by atoms with E-state index < -0.39 is 0 Å². The molecule has 2 rings (SSSR count). The molecule has 0 aromatic heterocycles.